The summed E-state index contributed by atoms with van der Waals surface area (Å²) < 4.78 is 23.5. The Balaban J connectivity index is 2.60. The molecule has 0 saturated carbocycles. The third-order valence-electron chi connectivity index (χ3n) is 2.34. The Morgan fingerprint density at radius 2 is 2.12 bits per heavy atom. The van der Waals surface area contributed by atoms with E-state index in [0.29, 0.717) is 25.0 Å². The third-order valence-corrected chi connectivity index (χ3v) is 2.68. The number of halogens is 2. The molecule has 0 aliphatic rings. The molecule has 0 bridgehead atoms. The topological polar surface area (TPSA) is 18.5 Å². The van der Waals surface area contributed by atoms with E-state index in [0.717, 1.165) is 0 Å². The van der Waals surface area contributed by atoms with Crippen molar-refractivity contribution in [1.29, 1.82) is 0 Å². The van der Waals surface area contributed by atoms with Gasteiger partial charge in [0.05, 0.1) is 19.1 Å². The Labute approximate surface area is 100 Å². The van der Waals surface area contributed by atoms with E-state index in [-0.39, 0.29) is 16.9 Å². The zero-order valence-electron chi connectivity index (χ0n) is 9.50. The van der Waals surface area contributed by atoms with E-state index in [9.17, 15) is 4.39 Å². The Hall–Kier alpha value is -0.800. The molecule has 4 heteroatoms. The monoisotopic (exact) mass is 246 g/mol. The van der Waals surface area contributed by atoms with E-state index in [1.54, 1.807) is 25.3 Å². The van der Waals surface area contributed by atoms with Crippen molar-refractivity contribution in [2.75, 3.05) is 20.8 Å². The van der Waals surface area contributed by atoms with E-state index in [1.165, 1.54) is 7.11 Å². The number of alkyl halides is 1. The molecular weight excluding hydrogens is 231 g/mol. The van der Waals surface area contributed by atoms with Crippen molar-refractivity contribution in [3.8, 4) is 5.75 Å². The van der Waals surface area contributed by atoms with E-state index < -0.39 is 0 Å². The minimum atomic E-state index is -0.300. The van der Waals surface area contributed by atoms with E-state index in [4.69, 9.17) is 21.1 Å². The first-order chi connectivity index (χ1) is 7.69. The Kier molecular flexibility index (Phi) is 5.56. The van der Waals surface area contributed by atoms with Crippen LogP contribution in [0.1, 0.15) is 12.0 Å². The van der Waals surface area contributed by atoms with Gasteiger partial charge in [0.25, 0.3) is 0 Å². The normalized spacial score (nSPS) is 12.5. The van der Waals surface area contributed by atoms with Crippen LogP contribution in [0.3, 0.4) is 0 Å². The fourth-order valence-corrected chi connectivity index (χ4v) is 1.72. The van der Waals surface area contributed by atoms with Gasteiger partial charge in [-0.2, -0.15) is 0 Å². The molecule has 1 aromatic carbocycles. The van der Waals surface area contributed by atoms with Gasteiger partial charge in [-0.3, -0.25) is 0 Å². The van der Waals surface area contributed by atoms with Gasteiger partial charge < -0.3 is 9.47 Å². The maximum absolute atomic E-state index is 13.7. The minimum Gasteiger partial charge on any atom is -0.494 e. The van der Waals surface area contributed by atoms with Gasteiger partial charge in [-0.1, -0.05) is 12.1 Å². The van der Waals surface area contributed by atoms with Crippen LogP contribution in [0.15, 0.2) is 18.2 Å². The molecule has 0 saturated heterocycles. The van der Waals surface area contributed by atoms with Crippen molar-refractivity contribution in [1.82, 2.24) is 0 Å². The van der Waals surface area contributed by atoms with Crippen LogP contribution < -0.4 is 4.74 Å². The Morgan fingerprint density at radius 3 is 2.75 bits per heavy atom. The molecule has 1 unspecified atom stereocenters. The van der Waals surface area contributed by atoms with Crippen molar-refractivity contribution in [3.63, 3.8) is 0 Å². The van der Waals surface area contributed by atoms with Crippen LogP contribution in [0.5, 0.6) is 5.75 Å². The molecule has 0 radical (unpaired) electrons. The van der Waals surface area contributed by atoms with Crippen LogP contribution in [0, 0.1) is 5.82 Å². The highest BCUT2D eigenvalue weighted by molar-refractivity contribution is 6.20. The van der Waals surface area contributed by atoms with Crippen molar-refractivity contribution in [2.45, 2.75) is 18.2 Å². The van der Waals surface area contributed by atoms with Gasteiger partial charge in [-0.15, -0.1) is 11.6 Å². The second-order valence-corrected chi connectivity index (χ2v) is 4.14. The summed E-state index contributed by atoms with van der Waals surface area (Å²) in [5.41, 5.74) is 0.626. The predicted octanol–water partition coefficient (Wildman–Crippen LogP) is 3.02. The zero-order valence-corrected chi connectivity index (χ0v) is 10.3. The first-order valence-electron chi connectivity index (χ1n) is 5.13. The van der Waals surface area contributed by atoms with Crippen LogP contribution >= 0.6 is 11.6 Å². The molecule has 0 aliphatic heterocycles. The molecule has 0 N–H and O–H groups in total. The number of methoxy groups -OCH3 is 2. The summed E-state index contributed by atoms with van der Waals surface area (Å²) in [4.78, 5) is 0. The standard InChI is InChI=1S/C12H16ClFO2/c1-15-8-10(13)7-6-9-4-3-5-11(16-2)12(9)14/h3-5,10H,6-8H2,1-2H3. The largest absolute Gasteiger partial charge is 0.494 e. The first kappa shape index (κ1) is 13.3. The molecule has 0 aromatic heterocycles. The molecule has 90 valence electrons. The summed E-state index contributed by atoms with van der Waals surface area (Å²) >= 11 is 5.98. The van der Waals surface area contributed by atoms with Crippen LogP contribution in [-0.2, 0) is 11.2 Å². The van der Waals surface area contributed by atoms with E-state index >= 15 is 0 Å². The van der Waals surface area contributed by atoms with Crippen LogP contribution in [-0.4, -0.2) is 26.2 Å². The van der Waals surface area contributed by atoms with Gasteiger partial charge in [0, 0.05) is 7.11 Å². The fraction of sp³-hybridized carbons (Fsp3) is 0.500. The molecular formula is C12H16ClFO2. The molecule has 16 heavy (non-hydrogen) atoms. The van der Waals surface area contributed by atoms with Gasteiger partial charge in [-0.25, -0.2) is 4.39 Å². The lowest BCUT2D eigenvalue weighted by Gasteiger charge is -2.10. The molecule has 1 rings (SSSR count). The summed E-state index contributed by atoms with van der Waals surface area (Å²) in [6.45, 7) is 0.479. The van der Waals surface area contributed by atoms with Crippen molar-refractivity contribution in [2.24, 2.45) is 0 Å². The molecule has 0 amide bonds. The third kappa shape index (κ3) is 3.65. The van der Waals surface area contributed by atoms with Gasteiger partial charge >= 0.3 is 0 Å². The fourth-order valence-electron chi connectivity index (χ4n) is 1.48. The smallest absolute Gasteiger partial charge is 0.168 e. The molecule has 0 heterocycles. The minimum absolute atomic E-state index is 0.0874. The number of ether oxygens (including phenoxy) is 2. The van der Waals surface area contributed by atoms with Crippen LogP contribution in [0.4, 0.5) is 4.39 Å². The van der Waals surface area contributed by atoms with Gasteiger partial charge in [0.15, 0.2) is 11.6 Å². The van der Waals surface area contributed by atoms with Crippen molar-refractivity contribution >= 4 is 11.6 Å². The predicted molar refractivity (Wildman–Crippen MR) is 62.8 cm³/mol. The average Bonchev–Trinajstić information content (AvgIpc) is 2.28. The summed E-state index contributed by atoms with van der Waals surface area (Å²) in [6.07, 6.45) is 1.26. The highest BCUT2D eigenvalue weighted by Gasteiger charge is 2.10. The Bertz CT molecular complexity index is 331. The summed E-state index contributed by atoms with van der Waals surface area (Å²) in [5.74, 6) is -0.0263. The second kappa shape index (κ2) is 6.71. The summed E-state index contributed by atoms with van der Waals surface area (Å²) in [5, 5.41) is -0.0874. The number of rotatable bonds is 6. The lowest BCUT2D eigenvalue weighted by Crippen LogP contribution is -2.09. The second-order valence-electron chi connectivity index (χ2n) is 3.52. The summed E-state index contributed by atoms with van der Waals surface area (Å²) in [7, 11) is 3.05. The molecule has 2 nitrogen and oxygen atoms in total. The quantitative estimate of drug-likeness (QED) is 0.719. The lowest BCUT2D eigenvalue weighted by molar-refractivity contribution is 0.195. The number of hydrogen-bond donors (Lipinski definition) is 0. The number of benzene rings is 1. The number of hydrogen-bond acceptors (Lipinski definition) is 2. The SMILES string of the molecule is COCC(Cl)CCc1cccc(OC)c1F. The van der Waals surface area contributed by atoms with Crippen molar-refractivity contribution < 1.29 is 13.9 Å². The summed E-state index contributed by atoms with van der Waals surface area (Å²) in [6, 6.07) is 5.12. The maximum atomic E-state index is 13.7. The molecule has 1 aromatic rings. The first-order valence-corrected chi connectivity index (χ1v) is 5.57. The Morgan fingerprint density at radius 1 is 1.38 bits per heavy atom. The molecule has 1 atom stereocenters. The van der Waals surface area contributed by atoms with Gasteiger partial charge in [-0.05, 0) is 24.5 Å². The molecule has 0 fully saturated rings. The van der Waals surface area contributed by atoms with Crippen molar-refractivity contribution in [3.05, 3.63) is 29.6 Å². The lowest BCUT2D eigenvalue weighted by atomic mass is 10.1. The highest BCUT2D eigenvalue weighted by atomic mass is 35.5. The van der Waals surface area contributed by atoms with Gasteiger partial charge in [0.1, 0.15) is 0 Å². The van der Waals surface area contributed by atoms with Gasteiger partial charge in [0.2, 0.25) is 0 Å². The number of aryl methyl sites for hydroxylation is 1. The maximum Gasteiger partial charge on any atom is 0.168 e. The van der Waals surface area contributed by atoms with Crippen LogP contribution in [0.2, 0.25) is 0 Å². The highest BCUT2D eigenvalue weighted by Crippen LogP contribution is 2.21. The van der Waals surface area contributed by atoms with E-state index in [1.807, 2.05) is 0 Å². The van der Waals surface area contributed by atoms with Crippen LogP contribution in [0.25, 0.3) is 0 Å². The molecule has 0 aliphatic carbocycles. The zero-order chi connectivity index (χ0) is 12.0. The van der Waals surface area contributed by atoms with E-state index in [2.05, 4.69) is 0 Å². The average molecular weight is 247 g/mol. The molecule has 0 spiro atoms.